The molecule has 0 amide bonds. The van der Waals surface area contributed by atoms with E-state index in [0.717, 1.165) is 10.7 Å². The fourth-order valence-electron chi connectivity index (χ4n) is 2.58. The molecule has 1 aliphatic rings. The molecule has 3 rings (SSSR count). The molecule has 1 heterocycles. The molecular formula is C19H21NS2. The first-order chi connectivity index (χ1) is 10.5. The Morgan fingerprint density at radius 1 is 0.864 bits per heavy atom. The molecule has 0 saturated carbocycles. The largest absolute Gasteiger partial charge is 0.240 e. The van der Waals surface area contributed by atoms with Crippen molar-refractivity contribution in [2.75, 3.05) is 0 Å². The molecule has 0 saturated heterocycles. The molecule has 0 aliphatic carbocycles. The van der Waals surface area contributed by atoms with E-state index in [2.05, 4.69) is 70.2 Å². The predicted molar refractivity (Wildman–Crippen MR) is 104 cm³/mol. The average molecular weight is 328 g/mol. The number of nitrogens with zero attached hydrogens (tertiary/aromatic N) is 1. The topological polar surface area (TPSA) is 12.4 Å². The van der Waals surface area contributed by atoms with Crippen LogP contribution in [-0.4, -0.2) is 15.5 Å². The molecule has 2 aromatic rings. The third kappa shape index (κ3) is 3.26. The monoisotopic (exact) mass is 327 g/mol. The highest BCUT2D eigenvalue weighted by atomic mass is 32.2. The normalized spacial score (nSPS) is 14.3. The SMILES string of the molecule is CC(C)SC1=Cc2cccc3cccc(c23)N=C1SC(C)C. The second-order valence-electron chi connectivity index (χ2n) is 5.98. The Bertz CT molecular complexity index is 696. The lowest BCUT2D eigenvalue weighted by Gasteiger charge is -2.13. The van der Waals surface area contributed by atoms with Gasteiger partial charge < -0.3 is 0 Å². The number of aliphatic imine (C=N–C) groups is 1. The molecule has 0 spiro atoms. The van der Waals surface area contributed by atoms with Crippen LogP contribution in [0, 0.1) is 0 Å². The molecule has 3 heteroatoms. The van der Waals surface area contributed by atoms with Crippen molar-refractivity contribution < 1.29 is 0 Å². The molecule has 22 heavy (non-hydrogen) atoms. The van der Waals surface area contributed by atoms with E-state index in [0.29, 0.717) is 10.5 Å². The summed E-state index contributed by atoms with van der Waals surface area (Å²) in [6, 6.07) is 12.9. The minimum atomic E-state index is 0.523. The van der Waals surface area contributed by atoms with Crippen molar-refractivity contribution in [1.82, 2.24) is 0 Å². The fraction of sp³-hybridized carbons (Fsp3) is 0.316. The second kappa shape index (κ2) is 6.51. The van der Waals surface area contributed by atoms with Crippen LogP contribution in [0.2, 0.25) is 0 Å². The van der Waals surface area contributed by atoms with E-state index < -0.39 is 0 Å². The lowest BCUT2D eigenvalue weighted by molar-refractivity contribution is 1.12. The summed E-state index contributed by atoms with van der Waals surface area (Å²) >= 11 is 3.76. The molecule has 1 nitrogen and oxygen atoms in total. The lowest BCUT2D eigenvalue weighted by atomic mass is 10.0. The molecule has 0 atom stereocenters. The summed E-state index contributed by atoms with van der Waals surface area (Å²) in [7, 11) is 0. The lowest BCUT2D eigenvalue weighted by Crippen LogP contribution is -2.02. The van der Waals surface area contributed by atoms with Gasteiger partial charge in [0.05, 0.1) is 5.69 Å². The maximum atomic E-state index is 5.02. The van der Waals surface area contributed by atoms with Crippen LogP contribution in [0.5, 0.6) is 0 Å². The Hall–Kier alpha value is -1.19. The van der Waals surface area contributed by atoms with Crippen molar-refractivity contribution >= 4 is 51.1 Å². The highest BCUT2D eigenvalue weighted by Crippen LogP contribution is 2.39. The maximum absolute atomic E-state index is 5.02. The number of thioether (sulfide) groups is 2. The standard InChI is InChI=1S/C19H21NS2/c1-12(2)21-17-11-15-9-5-7-14-8-6-10-16(18(14)15)20-19(17)22-13(3)4/h5-13H,1-4H3. The first-order valence-corrected chi connectivity index (χ1v) is 9.46. The highest BCUT2D eigenvalue weighted by Gasteiger charge is 2.18. The van der Waals surface area contributed by atoms with Gasteiger partial charge in [-0.05, 0) is 23.1 Å². The quantitative estimate of drug-likeness (QED) is 0.637. The van der Waals surface area contributed by atoms with E-state index >= 15 is 0 Å². The zero-order valence-electron chi connectivity index (χ0n) is 13.5. The Balaban J connectivity index is 2.21. The molecule has 0 bridgehead atoms. The number of hydrogen-bond donors (Lipinski definition) is 0. The zero-order valence-corrected chi connectivity index (χ0v) is 15.1. The summed E-state index contributed by atoms with van der Waals surface area (Å²) < 4.78 is 0. The minimum absolute atomic E-state index is 0.523. The minimum Gasteiger partial charge on any atom is -0.240 e. The summed E-state index contributed by atoms with van der Waals surface area (Å²) in [5.41, 5.74) is 2.37. The third-order valence-electron chi connectivity index (χ3n) is 3.34. The molecule has 0 aromatic heterocycles. The van der Waals surface area contributed by atoms with Crippen LogP contribution < -0.4 is 0 Å². The number of rotatable bonds is 3. The first-order valence-electron chi connectivity index (χ1n) is 7.70. The second-order valence-corrected chi connectivity index (χ2v) is 9.16. The molecule has 0 unspecified atom stereocenters. The summed E-state index contributed by atoms with van der Waals surface area (Å²) in [5, 5.41) is 4.75. The molecule has 114 valence electrons. The molecule has 0 fully saturated rings. The van der Waals surface area contributed by atoms with Crippen LogP contribution in [0.4, 0.5) is 5.69 Å². The smallest absolute Gasteiger partial charge is 0.111 e. The Morgan fingerprint density at radius 3 is 2.23 bits per heavy atom. The van der Waals surface area contributed by atoms with Gasteiger partial charge in [0.15, 0.2) is 0 Å². The van der Waals surface area contributed by atoms with Crippen LogP contribution >= 0.6 is 23.5 Å². The Kier molecular flexibility index (Phi) is 4.65. The van der Waals surface area contributed by atoms with Gasteiger partial charge in [0, 0.05) is 20.8 Å². The van der Waals surface area contributed by atoms with Crippen LogP contribution in [0.1, 0.15) is 33.3 Å². The van der Waals surface area contributed by atoms with Gasteiger partial charge >= 0.3 is 0 Å². The van der Waals surface area contributed by atoms with Crippen LogP contribution in [0.3, 0.4) is 0 Å². The summed E-state index contributed by atoms with van der Waals surface area (Å²) in [5.74, 6) is 0. The van der Waals surface area contributed by atoms with Gasteiger partial charge in [-0.25, -0.2) is 4.99 Å². The van der Waals surface area contributed by atoms with E-state index in [4.69, 9.17) is 4.99 Å². The van der Waals surface area contributed by atoms with Gasteiger partial charge in [-0.15, -0.1) is 23.5 Å². The van der Waals surface area contributed by atoms with Gasteiger partial charge in [-0.3, -0.25) is 0 Å². The van der Waals surface area contributed by atoms with Crippen molar-refractivity contribution in [2.24, 2.45) is 4.99 Å². The molecule has 2 aromatic carbocycles. The van der Waals surface area contributed by atoms with Gasteiger partial charge in [-0.2, -0.15) is 0 Å². The van der Waals surface area contributed by atoms with E-state index in [1.165, 1.54) is 21.2 Å². The first kappa shape index (κ1) is 15.7. The van der Waals surface area contributed by atoms with Gasteiger partial charge in [0.1, 0.15) is 5.04 Å². The molecule has 1 aliphatic heterocycles. The number of benzene rings is 2. The predicted octanol–water partition coefficient (Wildman–Crippen LogP) is 6.51. The summed E-state index contributed by atoms with van der Waals surface area (Å²) in [6.07, 6.45) is 2.32. The Morgan fingerprint density at radius 2 is 1.55 bits per heavy atom. The zero-order chi connectivity index (χ0) is 15.7. The number of hydrogen-bond acceptors (Lipinski definition) is 3. The fourth-order valence-corrected chi connectivity index (χ4v) is 4.49. The molecular weight excluding hydrogens is 306 g/mol. The van der Waals surface area contributed by atoms with Gasteiger partial charge in [0.25, 0.3) is 0 Å². The van der Waals surface area contributed by atoms with Crippen molar-refractivity contribution in [3.8, 4) is 0 Å². The van der Waals surface area contributed by atoms with Crippen LogP contribution in [0.25, 0.3) is 16.8 Å². The van der Waals surface area contributed by atoms with Crippen molar-refractivity contribution in [3.63, 3.8) is 0 Å². The van der Waals surface area contributed by atoms with E-state index in [1.54, 1.807) is 0 Å². The van der Waals surface area contributed by atoms with Gasteiger partial charge in [-0.1, -0.05) is 58.0 Å². The van der Waals surface area contributed by atoms with Crippen molar-refractivity contribution in [2.45, 2.75) is 38.2 Å². The summed E-state index contributed by atoms with van der Waals surface area (Å²) in [6.45, 7) is 8.93. The van der Waals surface area contributed by atoms with Gasteiger partial charge in [0.2, 0.25) is 0 Å². The van der Waals surface area contributed by atoms with Crippen molar-refractivity contribution in [3.05, 3.63) is 46.9 Å². The van der Waals surface area contributed by atoms with Crippen LogP contribution in [0.15, 0.2) is 46.3 Å². The van der Waals surface area contributed by atoms with E-state index in [9.17, 15) is 0 Å². The van der Waals surface area contributed by atoms with E-state index in [-0.39, 0.29) is 0 Å². The Labute approximate surface area is 141 Å². The highest BCUT2D eigenvalue weighted by molar-refractivity contribution is 8.18. The molecule has 0 radical (unpaired) electrons. The van der Waals surface area contributed by atoms with Crippen LogP contribution in [-0.2, 0) is 0 Å². The maximum Gasteiger partial charge on any atom is 0.111 e. The van der Waals surface area contributed by atoms with E-state index in [1.807, 2.05) is 23.5 Å². The average Bonchev–Trinajstić information content (AvgIpc) is 2.58. The third-order valence-corrected chi connectivity index (χ3v) is 5.52. The summed E-state index contributed by atoms with van der Waals surface area (Å²) in [4.78, 5) is 6.31. The molecule has 0 N–H and O–H groups in total. The van der Waals surface area contributed by atoms with Crippen molar-refractivity contribution in [1.29, 1.82) is 0 Å².